The van der Waals surface area contributed by atoms with Gasteiger partial charge in [0.25, 0.3) is 0 Å². The predicted octanol–water partition coefficient (Wildman–Crippen LogP) is 0.768. The zero-order valence-electron chi connectivity index (χ0n) is 8.07. The Balaban J connectivity index is 2.20. The van der Waals surface area contributed by atoms with Crippen LogP contribution in [0.3, 0.4) is 0 Å². The largest absolute Gasteiger partial charge is 0.385 e. The van der Waals surface area contributed by atoms with Gasteiger partial charge in [0, 0.05) is 33.0 Å². The van der Waals surface area contributed by atoms with Crippen molar-refractivity contribution in [2.45, 2.75) is 25.9 Å². The van der Waals surface area contributed by atoms with E-state index in [2.05, 4.69) is 9.55 Å². The molecule has 1 aromatic heterocycles. The number of methoxy groups -OCH3 is 1. The molecule has 1 aromatic rings. The molecular weight excluding hydrogens is 166 g/mol. The highest BCUT2D eigenvalue weighted by atomic mass is 16.5. The first-order chi connectivity index (χ1) is 6.36. The Morgan fingerprint density at radius 1 is 1.54 bits per heavy atom. The van der Waals surface area contributed by atoms with Gasteiger partial charge in [0.05, 0.1) is 12.0 Å². The third-order valence-electron chi connectivity index (χ3n) is 1.91. The minimum atomic E-state index is 0.519. The standard InChI is InChI=1S/C9H17N3O/c1-13-5-3-2-4-12-7-9(6-10)11-8-12/h7-8H,2-6,10H2,1H3. The molecule has 0 saturated carbocycles. The first-order valence-electron chi connectivity index (χ1n) is 4.56. The summed E-state index contributed by atoms with van der Waals surface area (Å²) < 4.78 is 7.03. The van der Waals surface area contributed by atoms with Crippen molar-refractivity contribution in [3.63, 3.8) is 0 Å². The summed E-state index contributed by atoms with van der Waals surface area (Å²) in [6.45, 7) is 2.35. The van der Waals surface area contributed by atoms with Crippen molar-refractivity contribution in [3.05, 3.63) is 18.2 Å². The predicted molar refractivity (Wildman–Crippen MR) is 51.2 cm³/mol. The molecule has 4 heteroatoms. The Kier molecular flexibility index (Phi) is 4.49. The minimum Gasteiger partial charge on any atom is -0.385 e. The van der Waals surface area contributed by atoms with E-state index in [0.29, 0.717) is 6.54 Å². The molecule has 0 aliphatic rings. The molecule has 0 saturated heterocycles. The van der Waals surface area contributed by atoms with Gasteiger partial charge in [-0.15, -0.1) is 0 Å². The minimum absolute atomic E-state index is 0.519. The smallest absolute Gasteiger partial charge is 0.0949 e. The van der Waals surface area contributed by atoms with Gasteiger partial charge in [0.15, 0.2) is 0 Å². The third-order valence-corrected chi connectivity index (χ3v) is 1.91. The monoisotopic (exact) mass is 183 g/mol. The summed E-state index contributed by atoms with van der Waals surface area (Å²) in [7, 11) is 1.73. The van der Waals surface area contributed by atoms with E-state index in [1.54, 1.807) is 7.11 Å². The van der Waals surface area contributed by atoms with E-state index in [4.69, 9.17) is 10.5 Å². The van der Waals surface area contributed by atoms with Crippen LogP contribution in [-0.2, 0) is 17.8 Å². The third kappa shape index (κ3) is 3.57. The van der Waals surface area contributed by atoms with Crippen LogP contribution in [-0.4, -0.2) is 23.3 Å². The maximum atomic E-state index is 5.44. The Morgan fingerprint density at radius 3 is 3.00 bits per heavy atom. The fourth-order valence-electron chi connectivity index (χ4n) is 1.17. The number of rotatable bonds is 6. The molecule has 0 amide bonds. The lowest BCUT2D eigenvalue weighted by molar-refractivity contribution is 0.191. The fraction of sp³-hybridized carbons (Fsp3) is 0.667. The molecule has 0 fully saturated rings. The van der Waals surface area contributed by atoms with E-state index >= 15 is 0 Å². The zero-order chi connectivity index (χ0) is 9.52. The summed E-state index contributed by atoms with van der Waals surface area (Å²) in [5.41, 5.74) is 6.39. The lowest BCUT2D eigenvalue weighted by Crippen LogP contribution is -1.98. The second-order valence-electron chi connectivity index (χ2n) is 3.01. The SMILES string of the molecule is COCCCCn1cnc(CN)c1. The van der Waals surface area contributed by atoms with Gasteiger partial charge in [-0.05, 0) is 12.8 Å². The van der Waals surface area contributed by atoms with Crippen LogP contribution in [0.15, 0.2) is 12.5 Å². The molecule has 0 aliphatic heterocycles. The van der Waals surface area contributed by atoms with Gasteiger partial charge in [-0.3, -0.25) is 0 Å². The summed E-state index contributed by atoms with van der Waals surface area (Å²) in [4.78, 5) is 4.14. The van der Waals surface area contributed by atoms with Gasteiger partial charge in [-0.1, -0.05) is 0 Å². The van der Waals surface area contributed by atoms with Crippen LogP contribution in [0.2, 0.25) is 0 Å². The molecule has 13 heavy (non-hydrogen) atoms. The summed E-state index contributed by atoms with van der Waals surface area (Å²) >= 11 is 0. The molecular formula is C9H17N3O. The van der Waals surface area contributed by atoms with Crippen molar-refractivity contribution in [3.8, 4) is 0 Å². The molecule has 0 unspecified atom stereocenters. The number of hydrogen-bond acceptors (Lipinski definition) is 3. The fourth-order valence-corrected chi connectivity index (χ4v) is 1.17. The number of ether oxygens (including phenoxy) is 1. The maximum Gasteiger partial charge on any atom is 0.0949 e. The number of aromatic nitrogens is 2. The van der Waals surface area contributed by atoms with Crippen LogP contribution in [0.4, 0.5) is 0 Å². The van der Waals surface area contributed by atoms with E-state index in [0.717, 1.165) is 31.7 Å². The highest BCUT2D eigenvalue weighted by molar-refractivity contribution is 4.95. The van der Waals surface area contributed by atoms with Gasteiger partial charge in [0.2, 0.25) is 0 Å². The Bertz CT molecular complexity index is 235. The first kappa shape index (κ1) is 10.2. The normalized spacial score (nSPS) is 10.6. The van der Waals surface area contributed by atoms with Crippen LogP contribution in [0.1, 0.15) is 18.5 Å². The van der Waals surface area contributed by atoms with Crippen LogP contribution in [0.25, 0.3) is 0 Å². The molecule has 4 nitrogen and oxygen atoms in total. The summed E-state index contributed by atoms with van der Waals surface area (Å²) in [5.74, 6) is 0. The molecule has 0 bridgehead atoms. The van der Waals surface area contributed by atoms with Crippen molar-refractivity contribution in [1.29, 1.82) is 0 Å². The van der Waals surface area contributed by atoms with Crippen molar-refractivity contribution in [2.24, 2.45) is 5.73 Å². The summed E-state index contributed by atoms with van der Waals surface area (Å²) in [6, 6.07) is 0. The van der Waals surface area contributed by atoms with Crippen LogP contribution < -0.4 is 5.73 Å². The van der Waals surface area contributed by atoms with E-state index in [-0.39, 0.29) is 0 Å². The van der Waals surface area contributed by atoms with Gasteiger partial charge in [-0.25, -0.2) is 4.98 Å². The first-order valence-corrected chi connectivity index (χ1v) is 4.56. The van der Waals surface area contributed by atoms with Crippen molar-refractivity contribution in [1.82, 2.24) is 9.55 Å². The van der Waals surface area contributed by atoms with Crippen LogP contribution in [0, 0.1) is 0 Å². The number of aryl methyl sites for hydroxylation is 1. The van der Waals surface area contributed by atoms with Gasteiger partial charge >= 0.3 is 0 Å². The molecule has 74 valence electrons. The van der Waals surface area contributed by atoms with Crippen LogP contribution >= 0.6 is 0 Å². The van der Waals surface area contributed by atoms with Crippen molar-refractivity contribution in [2.75, 3.05) is 13.7 Å². The number of imidazole rings is 1. The maximum absolute atomic E-state index is 5.44. The lowest BCUT2D eigenvalue weighted by atomic mass is 10.3. The Hall–Kier alpha value is -0.870. The second-order valence-corrected chi connectivity index (χ2v) is 3.01. The summed E-state index contributed by atoms with van der Waals surface area (Å²) in [6.07, 6.45) is 6.03. The average molecular weight is 183 g/mol. The second kappa shape index (κ2) is 5.72. The molecule has 1 rings (SSSR count). The Labute approximate surface area is 78.7 Å². The van der Waals surface area contributed by atoms with E-state index in [1.165, 1.54) is 0 Å². The van der Waals surface area contributed by atoms with E-state index in [9.17, 15) is 0 Å². The van der Waals surface area contributed by atoms with Crippen molar-refractivity contribution >= 4 is 0 Å². The molecule has 0 atom stereocenters. The van der Waals surface area contributed by atoms with Gasteiger partial charge < -0.3 is 15.0 Å². The molecule has 1 heterocycles. The highest BCUT2D eigenvalue weighted by Gasteiger charge is 1.95. The molecule has 0 aromatic carbocycles. The number of hydrogen-bond donors (Lipinski definition) is 1. The topological polar surface area (TPSA) is 53.1 Å². The van der Waals surface area contributed by atoms with Gasteiger partial charge in [-0.2, -0.15) is 0 Å². The average Bonchev–Trinajstić information content (AvgIpc) is 2.60. The van der Waals surface area contributed by atoms with Crippen molar-refractivity contribution < 1.29 is 4.74 Å². The Morgan fingerprint density at radius 2 is 2.38 bits per heavy atom. The lowest BCUT2D eigenvalue weighted by Gasteiger charge is -2.00. The van der Waals surface area contributed by atoms with E-state index < -0.39 is 0 Å². The van der Waals surface area contributed by atoms with E-state index in [1.807, 2.05) is 12.5 Å². The van der Waals surface area contributed by atoms with Crippen LogP contribution in [0.5, 0.6) is 0 Å². The molecule has 0 spiro atoms. The molecule has 2 N–H and O–H groups in total. The molecule has 0 radical (unpaired) electrons. The number of unbranched alkanes of at least 4 members (excludes halogenated alkanes) is 1. The quantitative estimate of drug-likeness (QED) is 0.663. The summed E-state index contributed by atoms with van der Waals surface area (Å²) in [5, 5.41) is 0. The number of nitrogens with zero attached hydrogens (tertiary/aromatic N) is 2. The van der Waals surface area contributed by atoms with Gasteiger partial charge in [0.1, 0.15) is 0 Å². The molecule has 0 aliphatic carbocycles. The number of nitrogens with two attached hydrogens (primary N) is 1. The highest BCUT2D eigenvalue weighted by Crippen LogP contribution is 1.98. The zero-order valence-corrected chi connectivity index (χ0v) is 8.07.